The lowest BCUT2D eigenvalue weighted by atomic mass is 10.2. The lowest BCUT2D eigenvalue weighted by Crippen LogP contribution is -2.19. The number of alkyl halides is 3. The topological polar surface area (TPSA) is 68.0 Å². The summed E-state index contributed by atoms with van der Waals surface area (Å²) in [6.45, 7) is 2.72. The standard InChI is InChI=1S/C13H12F3N3O2/c1-7-3-10(13(14,15)16)19(11(7)12(20)21)6-9-5-17-8(2)4-18-9/h3-5H,6H2,1-2H3,(H,20,21). The molecule has 2 rings (SSSR count). The number of aromatic carboxylic acids is 1. The van der Waals surface area contributed by atoms with E-state index >= 15 is 0 Å². The fraction of sp³-hybridized carbons (Fsp3) is 0.308. The summed E-state index contributed by atoms with van der Waals surface area (Å²) in [6, 6.07) is 0.824. The van der Waals surface area contributed by atoms with Gasteiger partial charge in [0, 0.05) is 6.20 Å². The summed E-state index contributed by atoms with van der Waals surface area (Å²) < 4.78 is 39.8. The van der Waals surface area contributed by atoms with Gasteiger partial charge < -0.3 is 9.67 Å². The normalized spacial score (nSPS) is 11.7. The van der Waals surface area contributed by atoms with Gasteiger partial charge in [0.15, 0.2) is 0 Å². The second-order valence-corrected chi connectivity index (χ2v) is 4.60. The van der Waals surface area contributed by atoms with E-state index in [1.807, 2.05) is 0 Å². The Morgan fingerprint density at radius 3 is 2.43 bits per heavy atom. The Labute approximate surface area is 118 Å². The van der Waals surface area contributed by atoms with E-state index in [9.17, 15) is 18.0 Å². The number of hydrogen-bond donors (Lipinski definition) is 1. The number of carbonyl (C=O) groups is 1. The Morgan fingerprint density at radius 2 is 1.95 bits per heavy atom. The lowest BCUT2D eigenvalue weighted by molar-refractivity contribution is -0.143. The first-order chi connectivity index (χ1) is 9.70. The second-order valence-electron chi connectivity index (χ2n) is 4.60. The zero-order chi connectivity index (χ0) is 15.8. The quantitative estimate of drug-likeness (QED) is 0.946. The summed E-state index contributed by atoms with van der Waals surface area (Å²) in [5.74, 6) is -1.41. The Hall–Kier alpha value is -2.38. The van der Waals surface area contributed by atoms with Crippen molar-refractivity contribution in [2.45, 2.75) is 26.6 Å². The molecule has 0 amide bonds. The summed E-state index contributed by atoms with van der Waals surface area (Å²) in [6.07, 6.45) is -1.90. The zero-order valence-corrected chi connectivity index (χ0v) is 11.3. The van der Waals surface area contributed by atoms with Crippen LogP contribution in [0.4, 0.5) is 13.2 Å². The number of hydrogen-bond acceptors (Lipinski definition) is 3. The summed E-state index contributed by atoms with van der Waals surface area (Å²) >= 11 is 0. The molecule has 0 bridgehead atoms. The number of halogens is 3. The van der Waals surface area contributed by atoms with Crippen molar-refractivity contribution in [3.8, 4) is 0 Å². The fourth-order valence-corrected chi connectivity index (χ4v) is 2.03. The van der Waals surface area contributed by atoms with Crippen LogP contribution in [0.5, 0.6) is 0 Å². The molecule has 0 saturated heterocycles. The van der Waals surface area contributed by atoms with E-state index in [-0.39, 0.29) is 17.8 Å². The highest BCUT2D eigenvalue weighted by Crippen LogP contribution is 2.33. The molecule has 5 nitrogen and oxygen atoms in total. The second kappa shape index (κ2) is 5.19. The summed E-state index contributed by atoms with van der Waals surface area (Å²) in [7, 11) is 0. The van der Waals surface area contributed by atoms with E-state index in [1.165, 1.54) is 19.3 Å². The maximum absolute atomic E-state index is 13.0. The van der Waals surface area contributed by atoms with E-state index in [0.717, 1.165) is 6.07 Å². The minimum Gasteiger partial charge on any atom is -0.477 e. The number of nitrogens with zero attached hydrogens (tertiary/aromatic N) is 3. The van der Waals surface area contributed by atoms with Gasteiger partial charge in [0.1, 0.15) is 11.4 Å². The van der Waals surface area contributed by atoms with Crippen molar-refractivity contribution in [1.82, 2.24) is 14.5 Å². The van der Waals surface area contributed by atoms with Gasteiger partial charge in [-0.3, -0.25) is 9.97 Å². The molecule has 8 heteroatoms. The van der Waals surface area contributed by atoms with Crippen LogP contribution in [-0.2, 0) is 12.7 Å². The fourth-order valence-electron chi connectivity index (χ4n) is 2.03. The average Bonchev–Trinajstić information content (AvgIpc) is 2.69. The van der Waals surface area contributed by atoms with Gasteiger partial charge in [0.25, 0.3) is 0 Å². The van der Waals surface area contributed by atoms with Crippen LogP contribution in [0, 0.1) is 13.8 Å². The van der Waals surface area contributed by atoms with Crippen LogP contribution in [0.25, 0.3) is 0 Å². The number of aromatic nitrogens is 3. The molecule has 0 spiro atoms. The van der Waals surface area contributed by atoms with Crippen molar-refractivity contribution in [2.75, 3.05) is 0 Å². The predicted octanol–water partition coefficient (Wildman–Crippen LogP) is 2.66. The van der Waals surface area contributed by atoms with Gasteiger partial charge >= 0.3 is 12.1 Å². The molecule has 0 fully saturated rings. The molecule has 0 aliphatic carbocycles. The molecule has 1 N–H and O–H groups in total. The molecule has 21 heavy (non-hydrogen) atoms. The van der Waals surface area contributed by atoms with Crippen molar-refractivity contribution in [1.29, 1.82) is 0 Å². The van der Waals surface area contributed by atoms with Crippen LogP contribution < -0.4 is 0 Å². The predicted molar refractivity (Wildman–Crippen MR) is 67.0 cm³/mol. The minimum absolute atomic E-state index is 0.0508. The molecular formula is C13H12F3N3O2. The summed E-state index contributed by atoms with van der Waals surface area (Å²) in [5, 5.41) is 9.12. The molecule has 0 saturated carbocycles. The average molecular weight is 299 g/mol. The monoisotopic (exact) mass is 299 g/mol. The van der Waals surface area contributed by atoms with Crippen molar-refractivity contribution in [3.05, 3.63) is 46.8 Å². The molecule has 0 aliphatic heterocycles. The van der Waals surface area contributed by atoms with Crippen molar-refractivity contribution in [3.63, 3.8) is 0 Å². The molecule has 0 aromatic carbocycles. The van der Waals surface area contributed by atoms with Crippen molar-refractivity contribution < 1.29 is 23.1 Å². The lowest BCUT2D eigenvalue weighted by Gasteiger charge is -2.13. The third-order valence-electron chi connectivity index (χ3n) is 2.93. The van der Waals surface area contributed by atoms with Gasteiger partial charge in [0.2, 0.25) is 0 Å². The van der Waals surface area contributed by atoms with E-state index in [2.05, 4.69) is 9.97 Å². The van der Waals surface area contributed by atoms with Crippen molar-refractivity contribution >= 4 is 5.97 Å². The smallest absolute Gasteiger partial charge is 0.431 e. The van der Waals surface area contributed by atoms with Crippen LogP contribution in [0.1, 0.15) is 33.1 Å². The van der Waals surface area contributed by atoms with Crippen LogP contribution in [0.2, 0.25) is 0 Å². The first-order valence-corrected chi connectivity index (χ1v) is 5.98. The molecule has 112 valence electrons. The number of carboxylic acids is 1. The maximum atomic E-state index is 13.0. The van der Waals surface area contributed by atoms with E-state index in [4.69, 9.17) is 5.11 Å². The number of rotatable bonds is 3. The highest BCUT2D eigenvalue weighted by molar-refractivity contribution is 5.88. The van der Waals surface area contributed by atoms with Gasteiger partial charge in [-0.15, -0.1) is 0 Å². The first-order valence-electron chi connectivity index (χ1n) is 5.98. The largest absolute Gasteiger partial charge is 0.477 e. The van der Waals surface area contributed by atoms with Crippen LogP contribution in [0.3, 0.4) is 0 Å². The van der Waals surface area contributed by atoms with Crippen LogP contribution in [-0.4, -0.2) is 25.6 Å². The third-order valence-corrected chi connectivity index (χ3v) is 2.93. The summed E-state index contributed by atoms with van der Waals surface area (Å²) in [4.78, 5) is 19.1. The highest BCUT2D eigenvalue weighted by atomic mass is 19.4. The molecule has 2 aromatic rings. The van der Waals surface area contributed by atoms with E-state index in [1.54, 1.807) is 6.92 Å². The molecule has 0 unspecified atom stereocenters. The Balaban J connectivity index is 2.54. The minimum atomic E-state index is -4.64. The first kappa shape index (κ1) is 15.0. The highest BCUT2D eigenvalue weighted by Gasteiger charge is 2.37. The Kier molecular flexibility index (Phi) is 3.71. The molecule has 0 atom stereocenters. The number of aryl methyl sites for hydroxylation is 2. The maximum Gasteiger partial charge on any atom is 0.431 e. The van der Waals surface area contributed by atoms with Gasteiger partial charge in [0.05, 0.1) is 24.1 Å². The van der Waals surface area contributed by atoms with E-state index in [0.29, 0.717) is 10.3 Å². The molecule has 2 aromatic heterocycles. The van der Waals surface area contributed by atoms with Gasteiger partial charge in [-0.25, -0.2) is 4.79 Å². The van der Waals surface area contributed by atoms with Crippen molar-refractivity contribution in [2.24, 2.45) is 0 Å². The number of carboxylic acid groups (broad SMARTS) is 1. The molecule has 0 aliphatic rings. The van der Waals surface area contributed by atoms with Gasteiger partial charge in [-0.1, -0.05) is 0 Å². The zero-order valence-electron chi connectivity index (χ0n) is 11.3. The Bertz CT molecular complexity index is 675. The molecule has 0 radical (unpaired) electrons. The molecule has 2 heterocycles. The van der Waals surface area contributed by atoms with Crippen LogP contribution >= 0.6 is 0 Å². The Morgan fingerprint density at radius 1 is 1.29 bits per heavy atom. The van der Waals surface area contributed by atoms with Crippen LogP contribution in [0.15, 0.2) is 18.5 Å². The summed E-state index contributed by atoms with van der Waals surface area (Å²) in [5.41, 5.74) is -0.486. The third kappa shape index (κ3) is 3.04. The van der Waals surface area contributed by atoms with Gasteiger partial charge in [-0.05, 0) is 25.5 Å². The van der Waals surface area contributed by atoms with E-state index < -0.39 is 23.5 Å². The van der Waals surface area contributed by atoms with Gasteiger partial charge in [-0.2, -0.15) is 13.2 Å². The molecular weight excluding hydrogens is 287 g/mol. The SMILES string of the molecule is Cc1cnc(Cn2c(C(F)(F)F)cc(C)c2C(=O)O)cn1.